The second-order valence-electron chi connectivity index (χ2n) is 6.24. The molecule has 2 aromatic rings. The van der Waals surface area contributed by atoms with Crippen LogP contribution in [0.1, 0.15) is 31.4 Å². The summed E-state index contributed by atoms with van der Waals surface area (Å²) in [6.07, 6.45) is 2.67. The minimum absolute atomic E-state index is 0.216. The van der Waals surface area contributed by atoms with Gasteiger partial charge in [-0.1, -0.05) is 13.8 Å². The maximum atomic E-state index is 10.3. The van der Waals surface area contributed by atoms with Crippen LogP contribution in [0.5, 0.6) is 5.75 Å². The third-order valence-corrected chi connectivity index (χ3v) is 5.28. The van der Waals surface area contributed by atoms with Crippen molar-refractivity contribution in [2.75, 3.05) is 11.5 Å². The molecule has 5 nitrogen and oxygen atoms in total. The van der Waals surface area contributed by atoms with Gasteiger partial charge in [-0.15, -0.1) is 11.8 Å². The number of hydrogen-bond donors (Lipinski definition) is 2. The number of nitrogens with zero attached hydrogens (tertiary/aromatic N) is 3. The van der Waals surface area contributed by atoms with Crippen molar-refractivity contribution in [2.45, 2.75) is 37.0 Å². The number of phenolic OH excluding ortho intramolecular Hbond substituents is 1. The Morgan fingerprint density at radius 2 is 2.17 bits per heavy atom. The lowest BCUT2D eigenvalue weighted by Gasteiger charge is -2.34. The quantitative estimate of drug-likeness (QED) is 0.664. The molecule has 0 amide bonds. The van der Waals surface area contributed by atoms with Crippen molar-refractivity contribution < 1.29 is 5.11 Å². The van der Waals surface area contributed by atoms with E-state index < -0.39 is 0 Å². The monoisotopic (exact) mass is 326 g/mol. The number of aromatic hydroxyl groups is 1. The Morgan fingerprint density at radius 1 is 1.39 bits per heavy atom. The topological polar surface area (TPSA) is 95.8 Å². The minimum atomic E-state index is -0.216. The number of anilines is 1. The SMILES string of the molecule is CC1(C)Cc2c(ccc(O)c2SCCC#N)-c2ncnc(N)c21. The average Bonchev–Trinajstić information content (AvgIpc) is 2.49. The summed E-state index contributed by atoms with van der Waals surface area (Å²) in [6, 6.07) is 5.71. The maximum absolute atomic E-state index is 10.3. The third kappa shape index (κ3) is 2.62. The summed E-state index contributed by atoms with van der Waals surface area (Å²) in [5, 5.41) is 19.0. The van der Waals surface area contributed by atoms with E-state index in [0.717, 1.165) is 33.7 Å². The van der Waals surface area contributed by atoms with Crippen LogP contribution in [0.15, 0.2) is 23.4 Å². The molecule has 23 heavy (non-hydrogen) atoms. The Hall–Kier alpha value is -2.26. The number of benzene rings is 1. The number of thioether (sulfide) groups is 1. The molecule has 0 saturated heterocycles. The molecule has 1 aliphatic carbocycles. The van der Waals surface area contributed by atoms with E-state index in [1.54, 1.807) is 6.07 Å². The van der Waals surface area contributed by atoms with Gasteiger partial charge < -0.3 is 10.8 Å². The molecule has 0 bridgehead atoms. The molecule has 0 fully saturated rings. The van der Waals surface area contributed by atoms with Gasteiger partial charge in [0.05, 0.1) is 16.7 Å². The molecular formula is C17H18N4OS. The molecule has 3 N–H and O–H groups in total. The lowest BCUT2D eigenvalue weighted by atomic mass is 9.72. The van der Waals surface area contributed by atoms with Gasteiger partial charge in [-0.2, -0.15) is 5.26 Å². The van der Waals surface area contributed by atoms with E-state index in [-0.39, 0.29) is 11.2 Å². The van der Waals surface area contributed by atoms with Crippen LogP contribution < -0.4 is 5.73 Å². The van der Waals surface area contributed by atoms with Crippen LogP contribution in [0.25, 0.3) is 11.3 Å². The van der Waals surface area contributed by atoms with Crippen LogP contribution in [-0.2, 0) is 11.8 Å². The predicted molar refractivity (Wildman–Crippen MR) is 91.2 cm³/mol. The summed E-state index contributed by atoms with van der Waals surface area (Å²) in [4.78, 5) is 9.43. The van der Waals surface area contributed by atoms with Gasteiger partial charge in [0.15, 0.2) is 0 Å². The lowest BCUT2D eigenvalue weighted by Crippen LogP contribution is -2.28. The normalized spacial score (nSPS) is 14.7. The third-order valence-electron chi connectivity index (χ3n) is 4.13. The number of hydrogen-bond acceptors (Lipinski definition) is 6. The number of nitrogen functional groups attached to an aromatic ring is 1. The van der Waals surface area contributed by atoms with Crippen molar-refractivity contribution in [3.63, 3.8) is 0 Å². The highest BCUT2D eigenvalue weighted by atomic mass is 32.2. The molecular weight excluding hydrogens is 308 g/mol. The number of fused-ring (bicyclic) bond motifs is 3. The zero-order valence-electron chi connectivity index (χ0n) is 13.1. The van der Waals surface area contributed by atoms with E-state index in [9.17, 15) is 5.11 Å². The van der Waals surface area contributed by atoms with Crippen LogP contribution in [0.3, 0.4) is 0 Å². The predicted octanol–water partition coefficient (Wildman–Crippen LogP) is 3.27. The summed E-state index contributed by atoms with van der Waals surface area (Å²) < 4.78 is 0. The van der Waals surface area contributed by atoms with Gasteiger partial charge >= 0.3 is 0 Å². The summed E-state index contributed by atoms with van der Waals surface area (Å²) in [5.74, 6) is 1.42. The summed E-state index contributed by atoms with van der Waals surface area (Å²) in [6.45, 7) is 4.23. The molecule has 1 aliphatic rings. The van der Waals surface area contributed by atoms with Gasteiger partial charge in [0.2, 0.25) is 0 Å². The highest BCUT2D eigenvalue weighted by Gasteiger charge is 2.36. The second-order valence-corrected chi connectivity index (χ2v) is 7.34. The maximum Gasteiger partial charge on any atom is 0.131 e. The van der Waals surface area contributed by atoms with Gasteiger partial charge in [-0.25, -0.2) is 9.97 Å². The van der Waals surface area contributed by atoms with Crippen LogP contribution in [0.4, 0.5) is 5.82 Å². The molecule has 0 aliphatic heterocycles. The van der Waals surface area contributed by atoms with Crippen molar-refractivity contribution in [3.8, 4) is 23.1 Å². The number of nitriles is 1. The summed E-state index contributed by atoms with van der Waals surface area (Å²) in [5.41, 5.74) is 9.75. The fourth-order valence-electron chi connectivity index (χ4n) is 3.17. The Kier molecular flexibility index (Phi) is 3.90. The number of aromatic nitrogens is 2. The Morgan fingerprint density at radius 3 is 2.91 bits per heavy atom. The van der Waals surface area contributed by atoms with Crippen molar-refractivity contribution in [1.82, 2.24) is 9.97 Å². The fourth-order valence-corrected chi connectivity index (χ4v) is 4.14. The highest BCUT2D eigenvalue weighted by molar-refractivity contribution is 7.99. The van der Waals surface area contributed by atoms with Crippen molar-refractivity contribution >= 4 is 17.6 Å². The molecule has 6 heteroatoms. The lowest BCUT2D eigenvalue weighted by molar-refractivity contribution is 0.454. The Labute approximate surface area is 139 Å². The second kappa shape index (κ2) is 5.74. The molecule has 1 aromatic carbocycles. The number of nitrogens with two attached hydrogens (primary N) is 1. The summed E-state index contributed by atoms with van der Waals surface area (Å²) in [7, 11) is 0. The molecule has 3 rings (SSSR count). The standard InChI is InChI=1S/C17H18N4OS/c1-17(2)8-11-10(14-13(17)16(19)21-9-20-14)4-5-12(22)15(11)23-7-3-6-18/h4-5,9,22H,3,7-8H2,1-2H3,(H2,19,20,21). The minimum Gasteiger partial charge on any atom is -0.507 e. The first-order valence-electron chi connectivity index (χ1n) is 7.41. The van der Waals surface area contributed by atoms with Crippen molar-refractivity contribution in [2.24, 2.45) is 0 Å². The Balaban J connectivity index is 2.19. The zero-order valence-corrected chi connectivity index (χ0v) is 13.9. The van der Waals surface area contributed by atoms with Crippen LogP contribution in [0, 0.1) is 11.3 Å². The number of phenols is 1. The molecule has 118 valence electrons. The van der Waals surface area contributed by atoms with Crippen LogP contribution in [-0.4, -0.2) is 20.8 Å². The fraction of sp³-hybridized carbons (Fsp3) is 0.353. The van der Waals surface area contributed by atoms with E-state index in [2.05, 4.69) is 29.9 Å². The Bertz CT molecular complexity index is 811. The first-order valence-corrected chi connectivity index (χ1v) is 8.40. The van der Waals surface area contributed by atoms with Crippen molar-refractivity contribution in [1.29, 1.82) is 5.26 Å². The van der Waals surface area contributed by atoms with Crippen molar-refractivity contribution in [3.05, 3.63) is 29.6 Å². The van der Waals surface area contributed by atoms with E-state index in [1.807, 2.05) is 6.07 Å². The van der Waals surface area contributed by atoms with E-state index in [0.29, 0.717) is 18.0 Å². The van der Waals surface area contributed by atoms with Gasteiger partial charge in [0.1, 0.15) is 17.9 Å². The average molecular weight is 326 g/mol. The van der Waals surface area contributed by atoms with Crippen LogP contribution in [0.2, 0.25) is 0 Å². The first kappa shape index (κ1) is 15.6. The largest absolute Gasteiger partial charge is 0.507 e. The summed E-state index contributed by atoms with van der Waals surface area (Å²) >= 11 is 1.52. The van der Waals surface area contributed by atoms with Gasteiger partial charge in [-0.05, 0) is 29.5 Å². The van der Waals surface area contributed by atoms with E-state index >= 15 is 0 Å². The molecule has 1 aromatic heterocycles. The van der Waals surface area contributed by atoms with Gasteiger partial charge in [0.25, 0.3) is 0 Å². The molecule has 0 spiro atoms. The van der Waals surface area contributed by atoms with Gasteiger partial charge in [0, 0.05) is 23.3 Å². The molecule has 0 saturated carbocycles. The van der Waals surface area contributed by atoms with Gasteiger partial charge in [-0.3, -0.25) is 0 Å². The molecule has 0 atom stereocenters. The highest BCUT2D eigenvalue weighted by Crippen LogP contribution is 2.48. The molecule has 1 heterocycles. The van der Waals surface area contributed by atoms with E-state index in [4.69, 9.17) is 11.0 Å². The molecule has 0 radical (unpaired) electrons. The number of rotatable bonds is 3. The van der Waals surface area contributed by atoms with E-state index in [1.165, 1.54) is 18.1 Å². The molecule has 0 unspecified atom stereocenters. The first-order chi connectivity index (χ1) is 11.0. The van der Waals surface area contributed by atoms with Crippen LogP contribution >= 0.6 is 11.8 Å². The zero-order chi connectivity index (χ0) is 16.6. The smallest absolute Gasteiger partial charge is 0.131 e.